The first-order valence-corrected chi connectivity index (χ1v) is 14.7. The van der Waals surface area contributed by atoms with Crippen LogP contribution >= 0.6 is 18.6 Å². The smallest absolute Gasteiger partial charge is 0.0196 e. The maximum absolute atomic E-state index is 4.89. The molecule has 4 rings (SSSR count). The molecule has 0 unspecified atom stereocenters. The fourth-order valence-electron chi connectivity index (χ4n) is 3.42. The number of hydrogen-bond donors (Lipinski definition) is 0. The van der Waals surface area contributed by atoms with Gasteiger partial charge >= 0.3 is 35.6 Å². The quantitative estimate of drug-likeness (QED) is 0.172. The van der Waals surface area contributed by atoms with Crippen molar-refractivity contribution in [2.24, 2.45) is 0 Å². The van der Waals surface area contributed by atoms with Gasteiger partial charge in [-0.05, 0) is 22.3 Å². The van der Waals surface area contributed by atoms with Crippen LogP contribution in [-0.2, 0) is 17.0 Å². The van der Waals surface area contributed by atoms with Gasteiger partial charge in [0, 0.05) is 0 Å². The van der Waals surface area contributed by atoms with Crippen LogP contribution in [0.5, 0.6) is 0 Å². The molecule has 2 nitrogen and oxygen atoms in total. The van der Waals surface area contributed by atoms with Crippen LogP contribution in [-0.4, -0.2) is 13.1 Å². The number of rotatable bonds is 8. The molecule has 4 aromatic rings. The molecule has 5 heteroatoms. The van der Waals surface area contributed by atoms with Crippen LogP contribution in [0.15, 0.2) is 109 Å². The summed E-state index contributed by atoms with van der Waals surface area (Å²) in [5.41, 5.74) is 6.85. The minimum absolute atomic E-state index is 0.556. The van der Waals surface area contributed by atoms with Crippen molar-refractivity contribution in [3.8, 4) is 22.3 Å². The van der Waals surface area contributed by atoms with Crippen molar-refractivity contribution in [2.45, 2.75) is 6.42 Å². The van der Waals surface area contributed by atoms with Crippen LogP contribution in [0.25, 0.3) is 32.9 Å². The molecular formula is C27H24Cl2N2Ti-2. The molecule has 32 heavy (non-hydrogen) atoms. The van der Waals surface area contributed by atoms with Gasteiger partial charge in [0.25, 0.3) is 0 Å². The third-order valence-corrected chi connectivity index (χ3v) is 4.86. The minimum Gasteiger partial charge on any atom is -0.684 e. The Kier molecular flexibility index (Phi) is 10.7. The predicted octanol–water partition coefficient (Wildman–Crippen LogP) is 9.50. The van der Waals surface area contributed by atoms with Gasteiger partial charge in [-0.15, -0.1) is 24.5 Å². The van der Waals surface area contributed by atoms with Crippen molar-refractivity contribution in [1.82, 2.24) is 0 Å². The Bertz CT molecular complexity index is 974. The van der Waals surface area contributed by atoms with Crippen LogP contribution < -0.4 is 0 Å². The molecule has 0 bridgehead atoms. The van der Waals surface area contributed by atoms with Gasteiger partial charge in [0.05, 0.1) is 0 Å². The molecule has 0 saturated heterocycles. The van der Waals surface area contributed by atoms with Crippen LogP contribution in [0.3, 0.4) is 0 Å². The van der Waals surface area contributed by atoms with E-state index in [1.165, 1.54) is 22.3 Å². The summed E-state index contributed by atoms with van der Waals surface area (Å²) >= 11 is -0.556. The molecule has 0 fully saturated rings. The van der Waals surface area contributed by atoms with Gasteiger partial charge in [0.1, 0.15) is 0 Å². The largest absolute Gasteiger partial charge is 0.684 e. The molecule has 0 aliphatic carbocycles. The monoisotopic (exact) mass is 494 g/mol. The molecule has 0 heterocycles. The van der Waals surface area contributed by atoms with Crippen molar-refractivity contribution in [2.75, 3.05) is 13.1 Å². The number of para-hydroxylation sites is 2. The van der Waals surface area contributed by atoms with E-state index >= 15 is 0 Å². The number of nitrogens with zero attached hydrogens (tertiary/aromatic N) is 2. The Labute approximate surface area is 207 Å². The molecule has 0 saturated carbocycles. The Hall–Kier alpha value is -2.23. The summed E-state index contributed by atoms with van der Waals surface area (Å²) in [4.78, 5) is 0. The molecule has 4 aromatic carbocycles. The summed E-state index contributed by atoms with van der Waals surface area (Å²) in [5.74, 6) is 0. The van der Waals surface area contributed by atoms with Gasteiger partial charge in [0.2, 0.25) is 0 Å². The Morgan fingerprint density at radius 1 is 0.500 bits per heavy atom. The number of halogens is 2. The Morgan fingerprint density at radius 2 is 0.844 bits per heavy atom. The summed E-state index contributed by atoms with van der Waals surface area (Å²) in [7, 11) is 9.78. The summed E-state index contributed by atoms with van der Waals surface area (Å²) in [6.07, 6.45) is 0.923. The molecule has 0 spiro atoms. The van der Waals surface area contributed by atoms with Crippen molar-refractivity contribution in [1.29, 1.82) is 0 Å². The van der Waals surface area contributed by atoms with Crippen LogP contribution in [0.2, 0.25) is 0 Å². The first kappa shape index (κ1) is 24.4. The first-order chi connectivity index (χ1) is 15.8. The standard InChI is InChI=1S/C27H24N2.2ClH.Ti/c1-3-12-22(13-4-1)24-16-7-9-18-26(24)28-20-11-21-29-27-19-10-8-17-25(27)23-14-5-2-6-15-23;;;/h1-10,12-19H,11,20-21H2;2*1H;/q-2;;;+2/p-2. The molecule has 0 amide bonds. The maximum Gasteiger partial charge on any atom is -0.0196 e. The summed E-state index contributed by atoms with van der Waals surface area (Å²) in [6.45, 7) is 1.53. The van der Waals surface area contributed by atoms with Gasteiger partial charge in [0.15, 0.2) is 0 Å². The maximum atomic E-state index is 4.89. The van der Waals surface area contributed by atoms with Crippen molar-refractivity contribution >= 4 is 30.0 Å². The van der Waals surface area contributed by atoms with Crippen molar-refractivity contribution in [3.05, 3.63) is 120 Å². The predicted molar refractivity (Wildman–Crippen MR) is 136 cm³/mol. The molecule has 0 aliphatic rings. The average molecular weight is 495 g/mol. The van der Waals surface area contributed by atoms with E-state index in [0.717, 1.165) is 30.9 Å². The second kappa shape index (κ2) is 14.0. The molecule has 0 radical (unpaired) electrons. The molecule has 0 atom stereocenters. The zero-order valence-corrected chi connectivity index (χ0v) is 20.7. The van der Waals surface area contributed by atoms with Crippen molar-refractivity contribution < 1.29 is 17.0 Å². The fraction of sp³-hybridized carbons (Fsp3) is 0.111. The number of benzene rings is 4. The van der Waals surface area contributed by atoms with Crippen LogP contribution in [0.4, 0.5) is 11.4 Å². The third-order valence-electron chi connectivity index (χ3n) is 4.86. The normalized spacial score (nSPS) is 9.94. The van der Waals surface area contributed by atoms with E-state index in [0.29, 0.717) is 0 Å². The first-order valence-electron chi connectivity index (χ1n) is 10.4. The Balaban J connectivity index is 0.000000913. The zero-order valence-electron chi connectivity index (χ0n) is 17.7. The van der Waals surface area contributed by atoms with Crippen LogP contribution in [0, 0.1) is 0 Å². The van der Waals surface area contributed by atoms with Crippen molar-refractivity contribution in [3.63, 3.8) is 0 Å². The van der Waals surface area contributed by atoms with Crippen LogP contribution in [0.1, 0.15) is 6.42 Å². The van der Waals surface area contributed by atoms with E-state index in [9.17, 15) is 0 Å². The van der Waals surface area contributed by atoms with E-state index < -0.39 is 17.0 Å². The molecule has 162 valence electrons. The number of hydrogen-bond acceptors (Lipinski definition) is 0. The topological polar surface area (TPSA) is 28.2 Å². The summed E-state index contributed by atoms with van der Waals surface area (Å²) < 4.78 is 0. The van der Waals surface area contributed by atoms with Gasteiger partial charge in [-0.25, -0.2) is 0 Å². The van der Waals surface area contributed by atoms with E-state index in [1.807, 2.05) is 24.3 Å². The third kappa shape index (κ3) is 7.43. The van der Waals surface area contributed by atoms with E-state index in [2.05, 4.69) is 84.9 Å². The molecule has 0 N–H and O–H groups in total. The minimum atomic E-state index is -0.556. The molecular weight excluding hydrogens is 471 g/mol. The SMILES string of the molecule is [Cl][Ti][Cl].c1ccc(-c2ccccc2[N-]CCC[N-]c2ccccc2-c2ccccc2)cc1. The molecule has 0 aliphatic heterocycles. The zero-order chi connectivity index (χ0) is 22.4. The van der Waals surface area contributed by atoms with Gasteiger partial charge < -0.3 is 10.6 Å². The summed E-state index contributed by atoms with van der Waals surface area (Å²) in [5, 5.41) is 9.67. The fourth-order valence-corrected chi connectivity index (χ4v) is 3.42. The summed E-state index contributed by atoms with van der Waals surface area (Å²) in [6, 6.07) is 37.5. The second-order valence-corrected chi connectivity index (χ2v) is 9.53. The molecule has 0 aromatic heterocycles. The van der Waals surface area contributed by atoms with E-state index in [-0.39, 0.29) is 0 Å². The average Bonchev–Trinajstić information content (AvgIpc) is 2.86. The van der Waals surface area contributed by atoms with Gasteiger partial charge in [-0.1, -0.05) is 116 Å². The van der Waals surface area contributed by atoms with Gasteiger partial charge in [-0.3, -0.25) is 0 Å². The second-order valence-electron chi connectivity index (χ2n) is 6.95. The Morgan fingerprint density at radius 3 is 1.25 bits per heavy atom. The van der Waals surface area contributed by atoms with Gasteiger partial charge in [-0.2, -0.15) is 0 Å². The van der Waals surface area contributed by atoms with E-state index in [4.69, 9.17) is 29.2 Å². The van der Waals surface area contributed by atoms with E-state index in [1.54, 1.807) is 0 Å².